The molecule has 0 bridgehead atoms. The van der Waals surface area contributed by atoms with Crippen molar-refractivity contribution in [1.82, 2.24) is 0 Å². The standard InChI is InChI=1S/C17H20O5/c1-11-16(2,3)22-13(12-9-7-6-8-10-12)17(11,14(18)20-4)15(19)21-5/h6-10,13H,1H2,2-5H3. The van der Waals surface area contributed by atoms with E-state index in [1.165, 1.54) is 14.2 Å². The van der Waals surface area contributed by atoms with Crippen LogP contribution in [0.5, 0.6) is 0 Å². The van der Waals surface area contributed by atoms with Crippen molar-refractivity contribution in [3.8, 4) is 0 Å². The lowest BCUT2D eigenvalue weighted by atomic mass is 9.71. The van der Waals surface area contributed by atoms with Gasteiger partial charge in [0.05, 0.1) is 19.8 Å². The van der Waals surface area contributed by atoms with Crippen LogP contribution in [0.25, 0.3) is 0 Å². The second-order valence-electron chi connectivity index (χ2n) is 5.69. The molecule has 0 saturated carbocycles. The molecule has 0 N–H and O–H groups in total. The van der Waals surface area contributed by atoms with Crippen LogP contribution in [-0.4, -0.2) is 31.8 Å². The fraction of sp³-hybridized carbons (Fsp3) is 0.412. The minimum absolute atomic E-state index is 0.326. The summed E-state index contributed by atoms with van der Waals surface area (Å²) in [7, 11) is 2.46. The molecule has 118 valence electrons. The summed E-state index contributed by atoms with van der Waals surface area (Å²) in [6.07, 6.45) is -0.851. The zero-order valence-electron chi connectivity index (χ0n) is 13.2. The molecule has 0 aliphatic carbocycles. The minimum atomic E-state index is -1.71. The summed E-state index contributed by atoms with van der Waals surface area (Å²) in [5.74, 6) is -1.47. The number of hydrogen-bond acceptors (Lipinski definition) is 5. The lowest BCUT2D eigenvalue weighted by Gasteiger charge is -2.29. The monoisotopic (exact) mass is 304 g/mol. The summed E-state index contributed by atoms with van der Waals surface area (Å²) in [5, 5.41) is 0. The highest BCUT2D eigenvalue weighted by molar-refractivity contribution is 6.05. The molecule has 22 heavy (non-hydrogen) atoms. The lowest BCUT2D eigenvalue weighted by molar-refractivity contribution is -0.172. The molecule has 0 amide bonds. The number of benzene rings is 1. The second kappa shape index (κ2) is 5.57. The summed E-state index contributed by atoms with van der Waals surface area (Å²) in [6.45, 7) is 7.47. The SMILES string of the molecule is C=C1C(C)(C)OC(c2ccccc2)C1(C(=O)OC)C(=O)OC. The summed E-state index contributed by atoms with van der Waals surface area (Å²) in [5.41, 5.74) is -1.57. The van der Waals surface area contributed by atoms with Gasteiger partial charge in [-0.3, -0.25) is 9.59 Å². The van der Waals surface area contributed by atoms with Crippen molar-refractivity contribution >= 4 is 11.9 Å². The molecule has 1 aliphatic heterocycles. The molecule has 1 heterocycles. The Balaban J connectivity index is 2.71. The third-order valence-corrected chi connectivity index (χ3v) is 4.13. The molecule has 0 radical (unpaired) electrons. The molecule has 1 unspecified atom stereocenters. The molecule has 1 atom stereocenters. The molecular formula is C17H20O5. The van der Waals surface area contributed by atoms with Gasteiger partial charge in [0.25, 0.3) is 0 Å². The van der Waals surface area contributed by atoms with Crippen molar-refractivity contribution in [2.45, 2.75) is 25.6 Å². The first-order valence-electron chi connectivity index (χ1n) is 6.91. The molecule has 1 aliphatic rings. The highest BCUT2D eigenvalue weighted by Gasteiger charge is 2.66. The van der Waals surface area contributed by atoms with Gasteiger partial charge in [-0.2, -0.15) is 0 Å². The van der Waals surface area contributed by atoms with Gasteiger partial charge in [-0.1, -0.05) is 36.9 Å². The molecule has 1 saturated heterocycles. The molecule has 1 fully saturated rings. The second-order valence-corrected chi connectivity index (χ2v) is 5.69. The number of ether oxygens (including phenoxy) is 3. The molecule has 5 heteroatoms. The highest BCUT2D eigenvalue weighted by Crippen LogP contribution is 2.56. The largest absolute Gasteiger partial charge is 0.468 e. The van der Waals surface area contributed by atoms with E-state index in [2.05, 4.69) is 6.58 Å². The van der Waals surface area contributed by atoms with E-state index in [1.807, 2.05) is 18.2 Å². The molecular weight excluding hydrogens is 284 g/mol. The van der Waals surface area contributed by atoms with E-state index >= 15 is 0 Å². The summed E-state index contributed by atoms with van der Waals surface area (Å²) in [4.78, 5) is 25.1. The predicted octanol–water partition coefficient (Wildman–Crippen LogP) is 2.43. The Labute approximate surface area is 129 Å². The first-order valence-corrected chi connectivity index (χ1v) is 6.91. The number of carbonyl (C=O) groups is 2. The van der Waals surface area contributed by atoms with Gasteiger partial charge in [0.2, 0.25) is 5.41 Å². The van der Waals surface area contributed by atoms with Crippen LogP contribution in [-0.2, 0) is 23.8 Å². The normalized spacial score (nSPS) is 22.2. The number of esters is 2. The van der Waals surface area contributed by atoms with Crippen molar-refractivity contribution < 1.29 is 23.8 Å². The fourth-order valence-corrected chi connectivity index (χ4v) is 2.90. The Morgan fingerprint density at radius 1 is 1.09 bits per heavy atom. The van der Waals surface area contributed by atoms with Gasteiger partial charge in [0.15, 0.2) is 0 Å². The van der Waals surface area contributed by atoms with Crippen LogP contribution in [0, 0.1) is 5.41 Å². The van der Waals surface area contributed by atoms with Gasteiger partial charge < -0.3 is 14.2 Å². The van der Waals surface area contributed by atoms with Crippen LogP contribution in [0.4, 0.5) is 0 Å². The van der Waals surface area contributed by atoms with Crippen molar-refractivity contribution in [2.24, 2.45) is 5.41 Å². The van der Waals surface area contributed by atoms with Crippen LogP contribution in [0.15, 0.2) is 42.5 Å². The maximum atomic E-state index is 12.6. The number of hydrogen-bond donors (Lipinski definition) is 0. The Morgan fingerprint density at radius 3 is 2.05 bits per heavy atom. The van der Waals surface area contributed by atoms with Crippen molar-refractivity contribution in [3.05, 3.63) is 48.0 Å². The van der Waals surface area contributed by atoms with Crippen LogP contribution in [0.1, 0.15) is 25.5 Å². The number of rotatable bonds is 3. The zero-order chi connectivity index (χ0) is 16.5. The maximum Gasteiger partial charge on any atom is 0.330 e. The van der Waals surface area contributed by atoms with Crippen LogP contribution in [0.2, 0.25) is 0 Å². The van der Waals surface area contributed by atoms with Crippen molar-refractivity contribution in [2.75, 3.05) is 14.2 Å². The van der Waals surface area contributed by atoms with Crippen LogP contribution >= 0.6 is 0 Å². The van der Waals surface area contributed by atoms with E-state index in [0.29, 0.717) is 11.1 Å². The van der Waals surface area contributed by atoms with E-state index in [1.54, 1.807) is 26.0 Å². The average Bonchev–Trinajstić information content (AvgIpc) is 2.75. The Hall–Kier alpha value is -2.14. The maximum absolute atomic E-state index is 12.6. The molecule has 5 nitrogen and oxygen atoms in total. The quantitative estimate of drug-likeness (QED) is 0.487. The summed E-state index contributed by atoms with van der Waals surface area (Å²) < 4.78 is 15.8. The molecule has 0 spiro atoms. The van der Waals surface area contributed by atoms with Gasteiger partial charge in [0.1, 0.15) is 6.10 Å². The van der Waals surface area contributed by atoms with Gasteiger partial charge >= 0.3 is 11.9 Å². The first kappa shape index (κ1) is 16.2. The summed E-state index contributed by atoms with van der Waals surface area (Å²) >= 11 is 0. The van der Waals surface area contributed by atoms with E-state index in [-0.39, 0.29) is 0 Å². The minimum Gasteiger partial charge on any atom is -0.468 e. The van der Waals surface area contributed by atoms with Crippen LogP contribution < -0.4 is 0 Å². The average molecular weight is 304 g/mol. The van der Waals surface area contributed by atoms with Gasteiger partial charge in [-0.25, -0.2) is 0 Å². The van der Waals surface area contributed by atoms with E-state index in [9.17, 15) is 9.59 Å². The third kappa shape index (κ3) is 2.13. The molecule has 2 rings (SSSR count). The molecule has 0 aromatic heterocycles. The lowest BCUT2D eigenvalue weighted by Crippen LogP contribution is -2.45. The van der Waals surface area contributed by atoms with Crippen molar-refractivity contribution in [3.63, 3.8) is 0 Å². The molecule has 1 aromatic rings. The fourth-order valence-electron chi connectivity index (χ4n) is 2.90. The van der Waals surface area contributed by atoms with Crippen molar-refractivity contribution in [1.29, 1.82) is 0 Å². The topological polar surface area (TPSA) is 61.8 Å². The molecule has 1 aromatic carbocycles. The van der Waals surface area contributed by atoms with E-state index in [0.717, 1.165) is 0 Å². The zero-order valence-corrected chi connectivity index (χ0v) is 13.2. The van der Waals surface area contributed by atoms with Gasteiger partial charge in [-0.05, 0) is 25.0 Å². The first-order chi connectivity index (χ1) is 10.3. The number of methoxy groups -OCH3 is 2. The smallest absolute Gasteiger partial charge is 0.330 e. The van der Waals surface area contributed by atoms with E-state index < -0.39 is 29.1 Å². The Bertz CT molecular complexity index is 587. The Morgan fingerprint density at radius 2 is 1.59 bits per heavy atom. The van der Waals surface area contributed by atoms with Gasteiger partial charge in [0, 0.05) is 0 Å². The number of carbonyl (C=O) groups excluding carboxylic acids is 2. The highest BCUT2D eigenvalue weighted by atomic mass is 16.6. The third-order valence-electron chi connectivity index (χ3n) is 4.13. The van der Waals surface area contributed by atoms with Crippen LogP contribution in [0.3, 0.4) is 0 Å². The summed E-state index contributed by atoms with van der Waals surface area (Å²) in [6, 6.07) is 9.05. The predicted molar refractivity (Wildman–Crippen MR) is 80.0 cm³/mol. The Kier molecular flexibility index (Phi) is 4.11. The van der Waals surface area contributed by atoms with E-state index in [4.69, 9.17) is 14.2 Å². The van der Waals surface area contributed by atoms with Gasteiger partial charge in [-0.15, -0.1) is 0 Å².